The number of halogens is 1. The highest BCUT2D eigenvalue weighted by Gasteiger charge is 2.26. The van der Waals surface area contributed by atoms with Crippen molar-refractivity contribution >= 4 is 35.8 Å². The first-order valence-corrected chi connectivity index (χ1v) is 8.78. The Hall–Kier alpha value is -1.71. The normalized spacial score (nSPS) is 12.5. The molecule has 0 saturated carbocycles. The first kappa shape index (κ1) is 25.3. The zero-order chi connectivity index (χ0) is 19.7. The van der Waals surface area contributed by atoms with Gasteiger partial charge in [-0.3, -0.25) is 9.79 Å². The van der Waals surface area contributed by atoms with Gasteiger partial charge in [0.05, 0.1) is 32.2 Å². The second-order valence-electron chi connectivity index (χ2n) is 6.63. The van der Waals surface area contributed by atoms with Crippen molar-refractivity contribution in [2.75, 3.05) is 34.4 Å². The van der Waals surface area contributed by atoms with Crippen LogP contribution in [0.25, 0.3) is 0 Å². The summed E-state index contributed by atoms with van der Waals surface area (Å²) in [7, 11) is 4.91. The Morgan fingerprint density at radius 3 is 2.44 bits per heavy atom. The monoisotopic (exact) mass is 492 g/mol. The molecule has 0 fully saturated rings. The first-order chi connectivity index (χ1) is 12.3. The molecule has 0 radical (unpaired) electrons. The topological polar surface area (TPSA) is 84.0 Å². The summed E-state index contributed by atoms with van der Waals surface area (Å²) in [6.45, 7) is 8.84. The van der Waals surface area contributed by atoms with Gasteiger partial charge in [0.2, 0.25) is 5.91 Å². The van der Waals surface area contributed by atoms with Crippen molar-refractivity contribution in [1.29, 1.82) is 0 Å². The molecule has 0 bridgehead atoms. The number of nitrogens with one attached hydrogen (secondary N) is 3. The minimum Gasteiger partial charge on any atom is -0.497 e. The molecule has 0 saturated heterocycles. The lowest BCUT2D eigenvalue weighted by atomic mass is 9.93. The smallest absolute Gasteiger partial charge is 0.227 e. The van der Waals surface area contributed by atoms with E-state index in [2.05, 4.69) is 20.9 Å². The van der Waals surface area contributed by atoms with Gasteiger partial charge >= 0.3 is 0 Å². The van der Waals surface area contributed by atoms with Crippen LogP contribution in [0.3, 0.4) is 0 Å². The third-order valence-corrected chi connectivity index (χ3v) is 4.08. The second kappa shape index (κ2) is 11.9. The summed E-state index contributed by atoms with van der Waals surface area (Å²) in [5, 5.41) is 9.25. The van der Waals surface area contributed by atoms with Crippen LogP contribution in [-0.4, -0.2) is 46.2 Å². The first-order valence-electron chi connectivity index (χ1n) is 8.78. The number of benzene rings is 1. The molecule has 0 spiro atoms. The maximum Gasteiger partial charge on any atom is 0.227 e. The van der Waals surface area contributed by atoms with Crippen LogP contribution in [0.15, 0.2) is 23.2 Å². The highest BCUT2D eigenvalue weighted by molar-refractivity contribution is 14.0. The van der Waals surface area contributed by atoms with E-state index >= 15 is 0 Å². The van der Waals surface area contributed by atoms with Gasteiger partial charge in [0, 0.05) is 19.2 Å². The number of rotatable bonds is 8. The van der Waals surface area contributed by atoms with E-state index in [-0.39, 0.29) is 35.9 Å². The molecule has 0 aliphatic heterocycles. The van der Waals surface area contributed by atoms with Crippen LogP contribution in [0, 0.1) is 5.41 Å². The number of hydrogen-bond donors (Lipinski definition) is 3. The lowest BCUT2D eigenvalue weighted by Gasteiger charge is -2.23. The lowest BCUT2D eigenvalue weighted by Crippen LogP contribution is -2.41. The Balaban J connectivity index is 0.00000676. The van der Waals surface area contributed by atoms with Crippen LogP contribution < -0.4 is 25.4 Å². The molecule has 154 valence electrons. The van der Waals surface area contributed by atoms with Crippen molar-refractivity contribution in [3.63, 3.8) is 0 Å². The zero-order valence-electron chi connectivity index (χ0n) is 17.3. The van der Waals surface area contributed by atoms with E-state index < -0.39 is 5.41 Å². The van der Waals surface area contributed by atoms with E-state index in [0.29, 0.717) is 19.0 Å². The zero-order valence-corrected chi connectivity index (χ0v) is 19.6. The number of amides is 1. The molecule has 0 aliphatic rings. The van der Waals surface area contributed by atoms with Gasteiger partial charge in [0.15, 0.2) is 5.96 Å². The molecule has 7 nitrogen and oxygen atoms in total. The average molecular weight is 492 g/mol. The van der Waals surface area contributed by atoms with Crippen LogP contribution in [0.2, 0.25) is 0 Å². The van der Waals surface area contributed by atoms with Gasteiger partial charge in [-0.05, 0) is 45.9 Å². The van der Waals surface area contributed by atoms with Gasteiger partial charge in [0.1, 0.15) is 11.5 Å². The SMILES string of the molecule is CCNC(=NCC(C)(C)C(=O)NC)NC(C)c1cc(OC)ccc1OC.I. The number of carbonyl (C=O) groups excluding carboxylic acids is 1. The summed E-state index contributed by atoms with van der Waals surface area (Å²) in [4.78, 5) is 16.5. The Kier molecular flexibility index (Phi) is 11.1. The van der Waals surface area contributed by atoms with E-state index in [1.807, 2.05) is 45.9 Å². The lowest BCUT2D eigenvalue weighted by molar-refractivity contribution is -0.128. The fraction of sp³-hybridized carbons (Fsp3) is 0.579. The molecule has 1 aromatic carbocycles. The second-order valence-corrected chi connectivity index (χ2v) is 6.63. The molecule has 0 aliphatic carbocycles. The third kappa shape index (κ3) is 7.43. The van der Waals surface area contributed by atoms with E-state index in [1.165, 1.54) is 0 Å². The van der Waals surface area contributed by atoms with Crippen LogP contribution >= 0.6 is 24.0 Å². The van der Waals surface area contributed by atoms with Gasteiger partial charge in [-0.25, -0.2) is 0 Å². The number of methoxy groups -OCH3 is 2. The summed E-state index contributed by atoms with van der Waals surface area (Å²) < 4.78 is 10.8. The van der Waals surface area contributed by atoms with Gasteiger partial charge < -0.3 is 25.4 Å². The summed E-state index contributed by atoms with van der Waals surface area (Å²) >= 11 is 0. The van der Waals surface area contributed by atoms with E-state index in [0.717, 1.165) is 17.1 Å². The van der Waals surface area contributed by atoms with Crippen molar-refractivity contribution < 1.29 is 14.3 Å². The standard InChI is InChI=1S/C19H32N4O3.HI/c1-8-21-18(22-12-19(3,4)17(24)20-5)23-13(2)15-11-14(25-6)9-10-16(15)26-7;/h9-11,13H,8,12H2,1-7H3,(H,20,24)(H2,21,22,23);1H. The van der Waals surface area contributed by atoms with E-state index in [9.17, 15) is 4.79 Å². The van der Waals surface area contributed by atoms with Crippen molar-refractivity contribution in [3.8, 4) is 11.5 Å². The summed E-state index contributed by atoms with van der Waals surface area (Å²) in [6.07, 6.45) is 0. The van der Waals surface area contributed by atoms with Crippen molar-refractivity contribution in [1.82, 2.24) is 16.0 Å². The summed E-state index contributed by atoms with van der Waals surface area (Å²) in [5.74, 6) is 2.13. The van der Waals surface area contributed by atoms with Gasteiger partial charge in [-0.1, -0.05) is 0 Å². The molecule has 27 heavy (non-hydrogen) atoms. The number of ether oxygens (including phenoxy) is 2. The minimum atomic E-state index is -0.589. The molecule has 0 heterocycles. The van der Waals surface area contributed by atoms with Crippen LogP contribution in [0.4, 0.5) is 0 Å². The fourth-order valence-electron chi connectivity index (χ4n) is 2.47. The van der Waals surface area contributed by atoms with E-state index in [4.69, 9.17) is 9.47 Å². The molecule has 1 rings (SSSR count). The van der Waals surface area contributed by atoms with Gasteiger partial charge in [-0.15, -0.1) is 24.0 Å². The number of aliphatic imine (C=N–C) groups is 1. The maximum absolute atomic E-state index is 12.0. The predicted molar refractivity (Wildman–Crippen MR) is 120 cm³/mol. The molecule has 1 amide bonds. The van der Waals surface area contributed by atoms with E-state index in [1.54, 1.807) is 21.3 Å². The van der Waals surface area contributed by atoms with Crippen LogP contribution in [-0.2, 0) is 4.79 Å². The van der Waals surface area contributed by atoms with Crippen molar-refractivity contribution in [3.05, 3.63) is 23.8 Å². The highest BCUT2D eigenvalue weighted by Crippen LogP contribution is 2.29. The molecule has 1 aromatic rings. The molecule has 1 unspecified atom stereocenters. The Bertz CT molecular complexity index is 635. The Labute approximate surface area is 179 Å². The molecule has 3 N–H and O–H groups in total. The quantitative estimate of drug-likeness (QED) is 0.295. The van der Waals surface area contributed by atoms with Crippen molar-refractivity contribution in [2.45, 2.75) is 33.7 Å². The molecular formula is C19H33IN4O3. The van der Waals surface area contributed by atoms with Crippen molar-refractivity contribution in [2.24, 2.45) is 10.4 Å². The third-order valence-electron chi connectivity index (χ3n) is 4.08. The molecule has 1 atom stereocenters. The minimum absolute atomic E-state index is 0. The summed E-state index contributed by atoms with van der Waals surface area (Å²) in [6, 6.07) is 5.61. The van der Waals surface area contributed by atoms with Crippen LogP contribution in [0.1, 0.15) is 39.3 Å². The predicted octanol–water partition coefficient (Wildman–Crippen LogP) is 2.71. The Morgan fingerprint density at radius 2 is 1.93 bits per heavy atom. The van der Waals surface area contributed by atoms with Gasteiger partial charge in [0.25, 0.3) is 0 Å². The maximum atomic E-state index is 12.0. The highest BCUT2D eigenvalue weighted by atomic mass is 127. The molecular weight excluding hydrogens is 459 g/mol. The van der Waals surface area contributed by atoms with Crippen LogP contribution in [0.5, 0.6) is 11.5 Å². The number of carbonyl (C=O) groups is 1. The Morgan fingerprint density at radius 1 is 1.26 bits per heavy atom. The number of nitrogens with zero attached hydrogens (tertiary/aromatic N) is 1. The average Bonchev–Trinajstić information content (AvgIpc) is 2.64. The largest absolute Gasteiger partial charge is 0.497 e. The molecule has 8 heteroatoms. The van der Waals surface area contributed by atoms with Gasteiger partial charge in [-0.2, -0.15) is 0 Å². The fourth-order valence-corrected chi connectivity index (χ4v) is 2.47. The molecule has 0 aromatic heterocycles. The number of guanidine groups is 1. The number of hydrogen-bond acceptors (Lipinski definition) is 4. The summed E-state index contributed by atoms with van der Waals surface area (Å²) in [5.41, 5.74) is 0.372.